The Labute approximate surface area is 158 Å². The number of benzene rings is 2. The monoisotopic (exact) mass is 372 g/mol. The lowest BCUT2D eigenvalue weighted by molar-refractivity contribution is -0.137. The first-order chi connectivity index (χ1) is 12.5. The van der Waals surface area contributed by atoms with E-state index in [0.717, 1.165) is 11.1 Å². The van der Waals surface area contributed by atoms with Gasteiger partial charge in [0.25, 0.3) is 0 Å². The molecule has 0 aliphatic carbocycles. The summed E-state index contributed by atoms with van der Waals surface area (Å²) in [4.78, 5) is 25.1. The molecule has 2 rings (SSSR count). The van der Waals surface area contributed by atoms with Crippen LogP contribution in [0.3, 0.4) is 0 Å². The van der Waals surface area contributed by atoms with Crippen LogP contribution in [0.1, 0.15) is 18.1 Å². The molecule has 6 heteroatoms. The van der Waals surface area contributed by atoms with Crippen molar-refractivity contribution in [2.75, 3.05) is 19.0 Å². The van der Waals surface area contributed by atoms with Gasteiger partial charge in [0, 0.05) is 30.4 Å². The van der Waals surface area contributed by atoms with Crippen molar-refractivity contribution < 1.29 is 14.3 Å². The van der Waals surface area contributed by atoms with Crippen molar-refractivity contribution in [2.24, 2.45) is 0 Å². The van der Waals surface area contributed by atoms with Crippen LogP contribution in [-0.2, 0) is 16.1 Å². The van der Waals surface area contributed by atoms with E-state index in [9.17, 15) is 9.59 Å². The number of nitrogens with one attached hydrogen (secondary N) is 1. The number of carbonyl (C=O) groups excluding carboxylic acids is 2. The molecule has 136 valence electrons. The molecule has 0 spiro atoms. The first-order valence-corrected chi connectivity index (χ1v) is 8.57. The van der Waals surface area contributed by atoms with Gasteiger partial charge in [-0.05, 0) is 48.4 Å². The fourth-order valence-corrected chi connectivity index (χ4v) is 2.31. The van der Waals surface area contributed by atoms with Crippen LogP contribution in [0.25, 0.3) is 6.08 Å². The van der Waals surface area contributed by atoms with E-state index in [4.69, 9.17) is 16.3 Å². The normalized spacial score (nSPS) is 10.6. The van der Waals surface area contributed by atoms with Gasteiger partial charge in [0.15, 0.2) is 0 Å². The lowest BCUT2D eigenvalue weighted by atomic mass is 10.2. The summed E-state index contributed by atoms with van der Waals surface area (Å²) in [7, 11) is 1.72. The number of urea groups is 1. The molecular weight excluding hydrogens is 352 g/mol. The van der Waals surface area contributed by atoms with Gasteiger partial charge in [0.1, 0.15) is 0 Å². The summed E-state index contributed by atoms with van der Waals surface area (Å²) >= 11 is 5.86. The second-order valence-electron chi connectivity index (χ2n) is 5.62. The van der Waals surface area contributed by atoms with Crippen molar-refractivity contribution >= 4 is 35.4 Å². The van der Waals surface area contributed by atoms with Gasteiger partial charge in [0.05, 0.1) is 6.61 Å². The van der Waals surface area contributed by atoms with E-state index >= 15 is 0 Å². The Morgan fingerprint density at radius 1 is 1.12 bits per heavy atom. The highest BCUT2D eigenvalue weighted by Crippen LogP contribution is 2.14. The van der Waals surface area contributed by atoms with Crippen LogP contribution < -0.4 is 5.32 Å². The first-order valence-electron chi connectivity index (χ1n) is 8.19. The zero-order valence-corrected chi connectivity index (χ0v) is 15.5. The van der Waals surface area contributed by atoms with Gasteiger partial charge in [-0.1, -0.05) is 35.9 Å². The summed E-state index contributed by atoms with van der Waals surface area (Å²) in [5.74, 6) is -0.381. The summed E-state index contributed by atoms with van der Waals surface area (Å²) < 4.78 is 4.83. The molecule has 0 bridgehead atoms. The number of hydrogen-bond acceptors (Lipinski definition) is 3. The minimum atomic E-state index is -0.381. The second-order valence-corrected chi connectivity index (χ2v) is 6.06. The largest absolute Gasteiger partial charge is 0.463 e. The highest BCUT2D eigenvalue weighted by molar-refractivity contribution is 6.30. The number of ether oxygens (including phenoxy) is 1. The van der Waals surface area contributed by atoms with Crippen molar-refractivity contribution in [3.8, 4) is 0 Å². The molecular formula is C20H21ClN2O3. The number of anilines is 1. The molecule has 0 unspecified atom stereocenters. The summed E-state index contributed by atoms with van der Waals surface area (Å²) in [6.07, 6.45) is 3.03. The fourth-order valence-electron chi connectivity index (χ4n) is 2.19. The molecule has 0 radical (unpaired) electrons. The molecule has 2 aromatic rings. The highest BCUT2D eigenvalue weighted by atomic mass is 35.5. The van der Waals surface area contributed by atoms with Gasteiger partial charge >= 0.3 is 12.0 Å². The van der Waals surface area contributed by atoms with Crippen molar-refractivity contribution in [2.45, 2.75) is 13.5 Å². The molecule has 5 nitrogen and oxygen atoms in total. The number of esters is 1. The number of hydrogen-bond donors (Lipinski definition) is 1. The number of nitrogens with zero attached hydrogens (tertiary/aromatic N) is 1. The van der Waals surface area contributed by atoms with Crippen molar-refractivity contribution in [1.82, 2.24) is 4.90 Å². The van der Waals surface area contributed by atoms with E-state index in [2.05, 4.69) is 5.32 Å². The fraction of sp³-hybridized carbons (Fsp3) is 0.200. The lowest BCUT2D eigenvalue weighted by Gasteiger charge is -2.18. The molecule has 2 amide bonds. The molecule has 0 saturated carbocycles. The molecule has 0 aromatic heterocycles. The van der Waals surface area contributed by atoms with Gasteiger partial charge in [-0.15, -0.1) is 0 Å². The molecule has 26 heavy (non-hydrogen) atoms. The second kappa shape index (κ2) is 9.63. The molecule has 0 aliphatic heterocycles. The predicted molar refractivity (Wildman–Crippen MR) is 104 cm³/mol. The van der Waals surface area contributed by atoms with E-state index in [1.54, 1.807) is 49.2 Å². The maximum atomic E-state index is 12.3. The van der Waals surface area contributed by atoms with Crippen LogP contribution in [0.2, 0.25) is 5.02 Å². The first kappa shape index (κ1) is 19.5. The summed E-state index contributed by atoms with van der Waals surface area (Å²) in [6, 6.07) is 14.3. The van der Waals surface area contributed by atoms with Crippen molar-refractivity contribution in [1.29, 1.82) is 0 Å². The highest BCUT2D eigenvalue weighted by Gasteiger charge is 2.09. The van der Waals surface area contributed by atoms with E-state index < -0.39 is 0 Å². The topological polar surface area (TPSA) is 58.6 Å². The van der Waals surface area contributed by atoms with Crippen LogP contribution in [0.5, 0.6) is 0 Å². The third-order valence-corrected chi connectivity index (χ3v) is 3.79. The number of halogens is 1. The quantitative estimate of drug-likeness (QED) is 0.596. The lowest BCUT2D eigenvalue weighted by Crippen LogP contribution is -2.30. The van der Waals surface area contributed by atoms with E-state index in [0.29, 0.717) is 23.9 Å². The van der Waals surface area contributed by atoms with Gasteiger partial charge < -0.3 is 15.0 Å². The van der Waals surface area contributed by atoms with Crippen molar-refractivity contribution in [3.05, 3.63) is 70.8 Å². The third-order valence-electron chi connectivity index (χ3n) is 3.54. The molecule has 0 saturated heterocycles. The Bertz CT molecular complexity index is 771. The minimum Gasteiger partial charge on any atom is -0.463 e. The molecule has 0 heterocycles. The maximum absolute atomic E-state index is 12.3. The Hall–Kier alpha value is -2.79. The van der Waals surface area contributed by atoms with E-state index in [1.165, 1.54) is 6.08 Å². The zero-order valence-electron chi connectivity index (χ0n) is 14.7. The predicted octanol–water partition coefficient (Wildman–Crippen LogP) is 4.58. The number of amides is 2. The van der Waals surface area contributed by atoms with Crippen molar-refractivity contribution in [3.63, 3.8) is 0 Å². The third kappa shape index (κ3) is 6.26. The molecule has 0 aliphatic rings. The molecule has 1 N–H and O–H groups in total. The SMILES string of the molecule is CCOC(=O)/C=C/c1ccc(NC(=O)N(C)Cc2ccc(Cl)cc2)cc1. The van der Waals surface area contributed by atoms with Gasteiger partial charge in [-0.25, -0.2) is 9.59 Å². The Kier molecular flexibility index (Phi) is 7.24. The summed E-state index contributed by atoms with van der Waals surface area (Å²) in [5, 5.41) is 3.50. The summed E-state index contributed by atoms with van der Waals surface area (Å²) in [5.41, 5.74) is 2.50. The minimum absolute atomic E-state index is 0.213. The van der Waals surface area contributed by atoms with E-state index in [1.807, 2.05) is 24.3 Å². The van der Waals surface area contributed by atoms with E-state index in [-0.39, 0.29) is 12.0 Å². The average Bonchev–Trinajstić information content (AvgIpc) is 2.63. The standard InChI is InChI=1S/C20H21ClN2O3/c1-3-26-19(24)13-8-15-6-11-18(12-7-15)22-20(25)23(2)14-16-4-9-17(21)10-5-16/h4-13H,3,14H2,1-2H3,(H,22,25)/b13-8+. The van der Waals surface area contributed by atoms with Crippen LogP contribution in [-0.4, -0.2) is 30.6 Å². The van der Waals surface area contributed by atoms with Gasteiger partial charge in [-0.2, -0.15) is 0 Å². The zero-order chi connectivity index (χ0) is 18.9. The Morgan fingerprint density at radius 2 is 1.77 bits per heavy atom. The number of rotatable bonds is 6. The molecule has 0 fully saturated rings. The van der Waals surface area contributed by atoms with Crippen LogP contribution >= 0.6 is 11.6 Å². The average molecular weight is 373 g/mol. The van der Waals surface area contributed by atoms with Crippen LogP contribution in [0, 0.1) is 0 Å². The molecule has 0 atom stereocenters. The van der Waals surface area contributed by atoms with Gasteiger partial charge in [0.2, 0.25) is 0 Å². The maximum Gasteiger partial charge on any atom is 0.330 e. The number of carbonyl (C=O) groups is 2. The van der Waals surface area contributed by atoms with Crippen LogP contribution in [0.4, 0.5) is 10.5 Å². The Morgan fingerprint density at radius 3 is 2.38 bits per heavy atom. The van der Waals surface area contributed by atoms with Crippen LogP contribution in [0.15, 0.2) is 54.6 Å². The van der Waals surface area contributed by atoms with Gasteiger partial charge in [-0.3, -0.25) is 0 Å². The smallest absolute Gasteiger partial charge is 0.330 e. The Balaban J connectivity index is 1.90. The summed E-state index contributed by atoms with van der Waals surface area (Å²) in [6.45, 7) is 2.58. The molecule has 2 aromatic carbocycles.